The van der Waals surface area contributed by atoms with Crippen LogP contribution in [0.15, 0.2) is 66.7 Å². The van der Waals surface area contributed by atoms with Crippen molar-refractivity contribution in [2.24, 2.45) is 0 Å². The van der Waals surface area contributed by atoms with Gasteiger partial charge in [0.1, 0.15) is 5.75 Å². The van der Waals surface area contributed by atoms with Crippen LogP contribution in [0.5, 0.6) is 11.6 Å². The van der Waals surface area contributed by atoms with Crippen LogP contribution in [0.4, 0.5) is 16.2 Å². The van der Waals surface area contributed by atoms with E-state index in [1.54, 1.807) is 65.3 Å². The van der Waals surface area contributed by atoms with Gasteiger partial charge in [-0.2, -0.15) is 5.10 Å². The van der Waals surface area contributed by atoms with Crippen LogP contribution in [-0.4, -0.2) is 26.0 Å². The van der Waals surface area contributed by atoms with E-state index in [-0.39, 0.29) is 6.03 Å². The first-order valence-corrected chi connectivity index (χ1v) is 9.83. The second-order valence-corrected chi connectivity index (χ2v) is 7.22. The summed E-state index contributed by atoms with van der Waals surface area (Å²) in [5, 5.41) is 18.7. The molecule has 0 saturated carbocycles. The lowest BCUT2D eigenvalue weighted by molar-refractivity contribution is 0.262. The summed E-state index contributed by atoms with van der Waals surface area (Å²) in [7, 11) is 0. The Kier molecular flexibility index (Phi) is 5.81. The van der Waals surface area contributed by atoms with E-state index in [2.05, 4.69) is 25.9 Å². The highest BCUT2D eigenvalue weighted by atomic mass is 35.5. The molecule has 9 heteroatoms. The Labute approximate surface area is 183 Å². The van der Waals surface area contributed by atoms with Crippen LogP contribution >= 0.6 is 11.6 Å². The molecule has 0 unspecified atom stereocenters. The van der Waals surface area contributed by atoms with Crippen molar-refractivity contribution in [3.8, 4) is 17.4 Å². The molecule has 2 aromatic carbocycles. The standard InChI is InChI=1S/C22H19ClN6O2/c1-14-12-15(2)29(28-14)20-10-11-21(27-26-20)31-19-8-6-17(7-9-19)24-22(30)25-18-5-3-4-16(23)13-18/h3-13H,1-2H3,(H2,24,25,30). The molecule has 8 nitrogen and oxygen atoms in total. The Hall–Kier alpha value is -3.91. The largest absolute Gasteiger partial charge is 0.438 e. The molecule has 0 bridgehead atoms. The second kappa shape index (κ2) is 8.85. The Bertz CT molecular complexity index is 1210. The molecule has 4 rings (SSSR count). The highest BCUT2D eigenvalue weighted by molar-refractivity contribution is 6.30. The number of aromatic nitrogens is 4. The lowest BCUT2D eigenvalue weighted by Gasteiger charge is -2.09. The van der Waals surface area contributed by atoms with Crippen molar-refractivity contribution < 1.29 is 9.53 Å². The van der Waals surface area contributed by atoms with Gasteiger partial charge in [-0.25, -0.2) is 9.48 Å². The summed E-state index contributed by atoms with van der Waals surface area (Å²) in [5.41, 5.74) is 3.10. The molecule has 4 aromatic rings. The summed E-state index contributed by atoms with van der Waals surface area (Å²) in [6.07, 6.45) is 0. The van der Waals surface area contributed by atoms with Crippen molar-refractivity contribution in [3.63, 3.8) is 0 Å². The van der Waals surface area contributed by atoms with E-state index in [9.17, 15) is 4.79 Å². The number of amides is 2. The number of carbonyl (C=O) groups excluding carboxylic acids is 1. The molecule has 0 radical (unpaired) electrons. The molecule has 0 fully saturated rings. The van der Waals surface area contributed by atoms with Gasteiger partial charge in [0.05, 0.1) is 5.69 Å². The van der Waals surface area contributed by atoms with Crippen LogP contribution in [0.25, 0.3) is 5.82 Å². The lowest BCUT2D eigenvalue weighted by atomic mass is 10.3. The van der Waals surface area contributed by atoms with Crippen molar-refractivity contribution in [2.75, 3.05) is 10.6 Å². The number of hydrogen-bond donors (Lipinski definition) is 2. The predicted molar refractivity (Wildman–Crippen MR) is 119 cm³/mol. The maximum atomic E-state index is 12.1. The number of aryl methyl sites for hydroxylation is 2. The summed E-state index contributed by atoms with van der Waals surface area (Å²) in [6.45, 7) is 3.88. The van der Waals surface area contributed by atoms with E-state index in [0.717, 1.165) is 11.4 Å². The summed E-state index contributed by atoms with van der Waals surface area (Å²) in [5.74, 6) is 1.53. The van der Waals surface area contributed by atoms with E-state index < -0.39 is 0 Å². The third-order valence-corrected chi connectivity index (χ3v) is 4.50. The first-order valence-electron chi connectivity index (χ1n) is 9.45. The van der Waals surface area contributed by atoms with Crippen LogP contribution in [0, 0.1) is 13.8 Å². The number of ether oxygens (including phenoxy) is 1. The second-order valence-electron chi connectivity index (χ2n) is 6.78. The minimum atomic E-state index is -0.374. The minimum Gasteiger partial charge on any atom is -0.438 e. The molecule has 0 atom stereocenters. The van der Waals surface area contributed by atoms with Gasteiger partial charge in [0.25, 0.3) is 0 Å². The normalized spacial score (nSPS) is 10.5. The van der Waals surface area contributed by atoms with Crippen LogP contribution in [-0.2, 0) is 0 Å². The Morgan fingerprint density at radius 2 is 1.71 bits per heavy atom. The van der Waals surface area contributed by atoms with Crippen molar-refractivity contribution in [1.29, 1.82) is 0 Å². The molecule has 0 saturated heterocycles. The number of hydrogen-bond acceptors (Lipinski definition) is 5. The molecule has 0 aliphatic carbocycles. The predicted octanol–water partition coefficient (Wildman–Crippen LogP) is 5.37. The number of nitrogens with zero attached hydrogens (tertiary/aromatic N) is 4. The van der Waals surface area contributed by atoms with Crippen molar-refractivity contribution >= 4 is 29.0 Å². The Balaban J connectivity index is 1.36. The molecule has 31 heavy (non-hydrogen) atoms. The van der Waals surface area contributed by atoms with Gasteiger partial charge in [0.2, 0.25) is 5.88 Å². The van der Waals surface area contributed by atoms with E-state index in [1.165, 1.54) is 0 Å². The highest BCUT2D eigenvalue weighted by Crippen LogP contribution is 2.22. The topological polar surface area (TPSA) is 94.0 Å². The molecule has 0 spiro atoms. The van der Waals surface area contributed by atoms with Gasteiger partial charge in [0.15, 0.2) is 5.82 Å². The number of carbonyl (C=O) groups is 1. The number of anilines is 2. The Morgan fingerprint density at radius 3 is 2.35 bits per heavy atom. The molecular weight excluding hydrogens is 416 g/mol. The average Bonchev–Trinajstić information content (AvgIpc) is 3.08. The zero-order valence-electron chi connectivity index (χ0n) is 16.8. The van der Waals surface area contributed by atoms with Crippen LogP contribution < -0.4 is 15.4 Å². The van der Waals surface area contributed by atoms with E-state index in [0.29, 0.717) is 33.8 Å². The summed E-state index contributed by atoms with van der Waals surface area (Å²) >= 11 is 5.92. The molecule has 156 valence electrons. The summed E-state index contributed by atoms with van der Waals surface area (Å²) in [6, 6.07) is 18.9. The van der Waals surface area contributed by atoms with Crippen LogP contribution in [0.3, 0.4) is 0 Å². The lowest BCUT2D eigenvalue weighted by Crippen LogP contribution is -2.19. The van der Waals surface area contributed by atoms with E-state index in [4.69, 9.17) is 16.3 Å². The number of nitrogens with one attached hydrogen (secondary N) is 2. The van der Waals surface area contributed by atoms with Gasteiger partial charge in [-0.1, -0.05) is 17.7 Å². The fraction of sp³-hybridized carbons (Fsp3) is 0.0909. The fourth-order valence-corrected chi connectivity index (χ4v) is 3.12. The molecule has 2 N–H and O–H groups in total. The summed E-state index contributed by atoms with van der Waals surface area (Å²) in [4.78, 5) is 12.1. The zero-order valence-corrected chi connectivity index (χ0v) is 17.6. The average molecular weight is 435 g/mol. The molecule has 2 heterocycles. The smallest absolute Gasteiger partial charge is 0.323 e. The quantitative estimate of drug-likeness (QED) is 0.440. The van der Waals surface area contributed by atoms with Gasteiger partial charge >= 0.3 is 6.03 Å². The molecule has 0 aliphatic rings. The van der Waals surface area contributed by atoms with Gasteiger partial charge < -0.3 is 15.4 Å². The SMILES string of the molecule is Cc1cc(C)n(-c2ccc(Oc3ccc(NC(=O)Nc4cccc(Cl)c4)cc3)nn2)n1. The highest BCUT2D eigenvalue weighted by Gasteiger charge is 2.08. The molecule has 2 amide bonds. The molecule has 0 aliphatic heterocycles. The van der Waals surface area contributed by atoms with Crippen molar-refractivity contribution in [1.82, 2.24) is 20.0 Å². The van der Waals surface area contributed by atoms with Gasteiger partial charge in [-0.05, 0) is 68.4 Å². The number of urea groups is 1. The van der Waals surface area contributed by atoms with E-state index in [1.807, 2.05) is 19.9 Å². The Morgan fingerprint density at radius 1 is 0.935 bits per heavy atom. The number of rotatable bonds is 5. The van der Waals surface area contributed by atoms with Gasteiger partial charge in [0, 0.05) is 28.2 Å². The molecule has 2 aromatic heterocycles. The van der Waals surface area contributed by atoms with Crippen molar-refractivity contribution in [2.45, 2.75) is 13.8 Å². The minimum absolute atomic E-state index is 0.352. The third kappa shape index (κ3) is 5.18. The fourth-order valence-electron chi connectivity index (χ4n) is 2.93. The number of benzene rings is 2. The maximum absolute atomic E-state index is 12.1. The maximum Gasteiger partial charge on any atom is 0.323 e. The van der Waals surface area contributed by atoms with Crippen LogP contribution in [0.2, 0.25) is 5.02 Å². The first-order chi connectivity index (χ1) is 15.0. The van der Waals surface area contributed by atoms with E-state index >= 15 is 0 Å². The molecular formula is C22H19ClN6O2. The van der Waals surface area contributed by atoms with Crippen molar-refractivity contribution in [3.05, 3.63) is 83.1 Å². The first kappa shape index (κ1) is 20.4. The zero-order chi connectivity index (χ0) is 21.8. The van der Waals surface area contributed by atoms with Crippen LogP contribution in [0.1, 0.15) is 11.4 Å². The van der Waals surface area contributed by atoms with Gasteiger partial charge in [-0.3, -0.25) is 0 Å². The third-order valence-electron chi connectivity index (χ3n) is 4.27. The van der Waals surface area contributed by atoms with Gasteiger partial charge in [-0.15, -0.1) is 10.2 Å². The monoisotopic (exact) mass is 434 g/mol. The number of halogens is 1. The summed E-state index contributed by atoms with van der Waals surface area (Å²) < 4.78 is 7.45.